The van der Waals surface area contributed by atoms with E-state index in [0.717, 1.165) is 11.1 Å². The summed E-state index contributed by atoms with van der Waals surface area (Å²) < 4.78 is 5.34. The highest BCUT2D eigenvalue weighted by molar-refractivity contribution is 5.91. The molecule has 0 amide bonds. The fourth-order valence-electron chi connectivity index (χ4n) is 2.21. The predicted octanol–water partition coefficient (Wildman–Crippen LogP) is 4.78. The summed E-state index contributed by atoms with van der Waals surface area (Å²) in [5.41, 5.74) is 2.40. The molecule has 24 heavy (non-hydrogen) atoms. The molecule has 0 aromatic heterocycles. The Morgan fingerprint density at radius 1 is 0.792 bits per heavy atom. The van der Waals surface area contributed by atoms with Crippen LogP contribution in [0.2, 0.25) is 0 Å². The Labute approximate surface area is 140 Å². The van der Waals surface area contributed by atoms with Crippen LogP contribution in [0.1, 0.15) is 21.5 Å². The zero-order valence-corrected chi connectivity index (χ0v) is 12.9. The van der Waals surface area contributed by atoms with Crippen LogP contribution in [0, 0.1) is 0 Å². The third kappa shape index (κ3) is 4.11. The summed E-state index contributed by atoms with van der Waals surface area (Å²) in [5, 5.41) is 9.44. The Bertz CT molecular complexity index is 850. The van der Waals surface area contributed by atoms with Crippen molar-refractivity contribution in [2.75, 3.05) is 0 Å². The van der Waals surface area contributed by atoms with Crippen LogP contribution in [-0.2, 0) is 0 Å². The molecule has 0 aliphatic carbocycles. The van der Waals surface area contributed by atoms with Gasteiger partial charge in [-0.25, -0.2) is 4.79 Å². The van der Waals surface area contributed by atoms with Crippen molar-refractivity contribution in [3.05, 3.63) is 95.6 Å². The van der Waals surface area contributed by atoms with E-state index in [9.17, 15) is 9.90 Å². The van der Waals surface area contributed by atoms with E-state index in [4.69, 9.17) is 4.74 Å². The molecule has 0 unspecified atom stereocenters. The number of benzene rings is 3. The van der Waals surface area contributed by atoms with Gasteiger partial charge in [0.05, 0.1) is 5.56 Å². The van der Waals surface area contributed by atoms with E-state index in [1.807, 2.05) is 36.4 Å². The number of hydrogen-bond acceptors (Lipinski definition) is 3. The average molecular weight is 316 g/mol. The molecular formula is C21H16O3. The number of carbonyl (C=O) groups excluding carboxylic acids is 1. The van der Waals surface area contributed by atoms with Crippen LogP contribution in [0.25, 0.3) is 12.2 Å². The molecule has 3 rings (SSSR count). The Morgan fingerprint density at radius 3 is 2.21 bits per heavy atom. The largest absolute Gasteiger partial charge is 0.508 e. The van der Waals surface area contributed by atoms with Gasteiger partial charge in [-0.2, -0.15) is 0 Å². The minimum absolute atomic E-state index is 0.236. The second-order valence-electron chi connectivity index (χ2n) is 5.25. The van der Waals surface area contributed by atoms with E-state index in [1.54, 1.807) is 54.6 Å². The minimum Gasteiger partial charge on any atom is -0.508 e. The van der Waals surface area contributed by atoms with E-state index in [-0.39, 0.29) is 11.7 Å². The lowest BCUT2D eigenvalue weighted by atomic mass is 10.1. The molecule has 3 aromatic carbocycles. The Hall–Kier alpha value is -3.33. The fraction of sp³-hybridized carbons (Fsp3) is 0. The maximum absolute atomic E-state index is 12.0. The maximum atomic E-state index is 12.0. The van der Waals surface area contributed by atoms with Crippen molar-refractivity contribution in [3.8, 4) is 11.5 Å². The molecule has 0 heterocycles. The van der Waals surface area contributed by atoms with Crippen LogP contribution in [0.4, 0.5) is 0 Å². The first kappa shape index (κ1) is 15.6. The lowest BCUT2D eigenvalue weighted by molar-refractivity contribution is 0.0735. The van der Waals surface area contributed by atoms with Crippen molar-refractivity contribution >= 4 is 18.1 Å². The molecule has 0 saturated carbocycles. The highest BCUT2D eigenvalue weighted by Crippen LogP contribution is 2.17. The molecule has 1 N–H and O–H groups in total. The topological polar surface area (TPSA) is 46.5 Å². The van der Waals surface area contributed by atoms with Crippen LogP contribution in [0.3, 0.4) is 0 Å². The second-order valence-corrected chi connectivity index (χ2v) is 5.25. The van der Waals surface area contributed by atoms with E-state index in [0.29, 0.717) is 11.3 Å². The molecule has 3 nitrogen and oxygen atoms in total. The SMILES string of the molecule is O=C(Oc1ccc(C=Cc2cccc(O)c2)cc1)c1ccccc1. The number of aromatic hydroxyl groups is 1. The lowest BCUT2D eigenvalue weighted by Gasteiger charge is -2.04. The van der Waals surface area contributed by atoms with Gasteiger partial charge in [-0.3, -0.25) is 0 Å². The number of phenolic OH excluding ortho intramolecular Hbond substituents is 1. The van der Waals surface area contributed by atoms with Crippen molar-refractivity contribution < 1.29 is 14.6 Å². The molecule has 3 aromatic rings. The van der Waals surface area contributed by atoms with Crippen molar-refractivity contribution in [2.24, 2.45) is 0 Å². The number of carbonyl (C=O) groups is 1. The van der Waals surface area contributed by atoms with E-state index in [1.165, 1.54) is 0 Å². The second kappa shape index (κ2) is 7.29. The van der Waals surface area contributed by atoms with Gasteiger partial charge < -0.3 is 9.84 Å². The smallest absolute Gasteiger partial charge is 0.343 e. The Kier molecular flexibility index (Phi) is 4.73. The van der Waals surface area contributed by atoms with E-state index >= 15 is 0 Å². The van der Waals surface area contributed by atoms with Crippen LogP contribution in [-0.4, -0.2) is 11.1 Å². The van der Waals surface area contributed by atoms with Crippen molar-refractivity contribution in [1.82, 2.24) is 0 Å². The number of rotatable bonds is 4. The Balaban J connectivity index is 1.66. The lowest BCUT2D eigenvalue weighted by Crippen LogP contribution is -2.07. The van der Waals surface area contributed by atoms with Gasteiger partial charge >= 0.3 is 5.97 Å². The number of ether oxygens (including phenoxy) is 1. The fourth-order valence-corrected chi connectivity index (χ4v) is 2.21. The highest BCUT2D eigenvalue weighted by Gasteiger charge is 2.07. The van der Waals surface area contributed by atoms with Crippen LogP contribution < -0.4 is 4.74 Å². The van der Waals surface area contributed by atoms with Crippen LogP contribution in [0.5, 0.6) is 11.5 Å². The van der Waals surface area contributed by atoms with Gasteiger partial charge in [0.25, 0.3) is 0 Å². The van der Waals surface area contributed by atoms with Gasteiger partial charge in [0, 0.05) is 0 Å². The number of esters is 1. The van der Waals surface area contributed by atoms with Crippen LogP contribution in [0.15, 0.2) is 78.9 Å². The predicted molar refractivity (Wildman–Crippen MR) is 94.9 cm³/mol. The molecule has 118 valence electrons. The molecule has 0 aliphatic rings. The summed E-state index contributed by atoms with van der Waals surface area (Å²) in [7, 11) is 0. The van der Waals surface area contributed by atoms with E-state index in [2.05, 4.69) is 0 Å². The number of phenols is 1. The van der Waals surface area contributed by atoms with Gasteiger partial charge in [-0.1, -0.05) is 54.6 Å². The summed E-state index contributed by atoms with van der Waals surface area (Å²) >= 11 is 0. The van der Waals surface area contributed by atoms with Crippen molar-refractivity contribution in [3.63, 3.8) is 0 Å². The zero-order valence-electron chi connectivity index (χ0n) is 12.9. The van der Waals surface area contributed by atoms with Crippen molar-refractivity contribution in [2.45, 2.75) is 0 Å². The molecule has 0 fully saturated rings. The molecule has 3 heteroatoms. The summed E-state index contributed by atoms with van der Waals surface area (Å²) in [6, 6.07) is 23.1. The molecule has 0 aliphatic heterocycles. The molecule has 0 atom stereocenters. The third-order valence-electron chi connectivity index (χ3n) is 3.44. The molecule has 0 radical (unpaired) electrons. The summed E-state index contributed by atoms with van der Waals surface area (Å²) in [4.78, 5) is 12.0. The third-order valence-corrected chi connectivity index (χ3v) is 3.44. The first-order valence-electron chi connectivity index (χ1n) is 7.55. The molecule has 0 bridgehead atoms. The minimum atomic E-state index is -0.376. The van der Waals surface area contributed by atoms with Gasteiger partial charge in [0.2, 0.25) is 0 Å². The summed E-state index contributed by atoms with van der Waals surface area (Å²) in [6.07, 6.45) is 3.84. The highest BCUT2D eigenvalue weighted by atomic mass is 16.5. The van der Waals surface area contributed by atoms with Crippen LogP contribution >= 0.6 is 0 Å². The van der Waals surface area contributed by atoms with Gasteiger partial charge in [-0.05, 0) is 47.5 Å². The zero-order chi connectivity index (χ0) is 16.8. The number of hydrogen-bond donors (Lipinski definition) is 1. The summed E-state index contributed by atoms with van der Waals surface area (Å²) in [5.74, 6) is 0.359. The van der Waals surface area contributed by atoms with Crippen molar-refractivity contribution in [1.29, 1.82) is 0 Å². The molecule has 0 saturated heterocycles. The maximum Gasteiger partial charge on any atom is 0.343 e. The Morgan fingerprint density at radius 2 is 1.50 bits per heavy atom. The van der Waals surface area contributed by atoms with Gasteiger partial charge in [-0.15, -0.1) is 0 Å². The van der Waals surface area contributed by atoms with Gasteiger partial charge in [0.15, 0.2) is 0 Å². The quantitative estimate of drug-likeness (QED) is 0.428. The first-order chi connectivity index (χ1) is 11.7. The normalized spacial score (nSPS) is 10.7. The standard InChI is InChI=1S/C21H16O3/c22-19-8-4-5-17(15-19)10-9-16-11-13-20(14-12-16)24-21(23)18-6-2-1-3-7-18/h1-15,22H. The molecule has 0 spiro atoms. The monoisotopic (exact) mass is 316 g/mol. The van der Waals surface area contributed by atoms with E-state index < -0.39 is 0 Å². The average Bonchev–Trinajstić information content (AvgIpc) is 2.62. The molecular weight excluding hydrogens is 300 g/mol. The van der Waals surface area contributed by atoms with Gasteiger partial charge in [0.1, 0.15) is 11.5 Å². The summed E-state index contributed by atoms with van der Waals surface area (Å²) in [6.45, 7) is 0. The first-order valence-corrected chi connectivity index (χ1v) is 7.55.